The molecule has 3 fully saturated rings. The number of aromatic amines is 1. The summed E-state index contributed by atoms with van der Waals surface area (Å²) in [5.74, 6) is 0.742. The van der Waals surface area contributed by atoms with E-state index >= 15 is 0 Å². The summed E-state index contributed by atoms with van der Waals surface area (Å²) in [5.41, 5.74) is 4.05. The molecular weight excluding hydrogens is 714 g/mol. The average molecular weight is 761 g/mol. The van der Waals surface area contributed by atoms with Gasteiger partial charge >= 0.3 is 0 Å². The molecule has 3 aliphatic rings. The van der Waals surface area contributed by atoms with Crippen LogP contribution in [0.2, 0.25) is 0 Å². The van der Waals surface area contributed by atoms with Gasteiger partial charge in [-0.2, -0.15) is 5.10 Å². The van der Waals surface area contributed by atoms with Crippen LogP contribution in [0.15, 0.2) is 53.6 Å². The van der Waals surface area contributed by atoms with Crippen LogP contribution in [0.25, 0.3) is 22.0 Å². The molecule has 3 saturated heterocycles. The highest BCUT2D eigenvalue weighted by Gasteiger charge is 2.29. The maximum Gasteiger partial charge on any atom is 0.276 e. The number of alkyl halides is 2. The summed E-state index contributed by atoms with van der Waals surface area (Å²) < 4.78 is 39.6. The molecule has 3 amide bonds. The third-order valence-corrected chi connectivity index (χ3v) is 10.9. The Kier molecular flexibility index (Phi) is 11.4. The number of rotatable bonds is 12. The van der Waals surface area contributed by atoms with E-state index in [1.807, 2.05) is 17.0 Å². The Bertz CT molecular complexity index is 2090. The molecule has 3 aliphatic heterocycles. The van der Waals surface area contributed by atoms with E-state index in [-0.39, 0.29) is 23.3 Å². The lowest BCUT2D eigenvalue weighted by Crippen LogP contribution is -2.51. The fourth-order valence-electron chi connectivity index (χ4n) is 7.75. The number of H-pyrrole nitrogens is 1. The molecule has 292 valence electrons. The minimum atomic E-state index is -2.67. The van der Waals surface area contributed by atoms with Crippen LogP contribution < -0.4 is 25.7 Å². The lowest BCUT2D eigenvalue weighted by atomic mass is 9.89. The summed E-state index contributed by atoms with van der Waals surface area (Å²) in [6.45, 7) is 3.94. The van der Waals surface area contributed by atoms with Gasteiger partial charge in [0.05, 0.1) is 19.9 Å². The highest BCUT2D eigenvalue weighted by atomic mass is 19.3. The van der Waals surface area contributed by atoms with Gasteiger partial charge in [-0.3, -0.25) is 39.4 Å². The van der Waals surface area contributed by atoms with Crippen molar-refractivity contribution in [2.45, 2.75) is 50.6 Å². The number of imide groups is 1. The molecule has 0 radical (unpaired) electrons. The third kappa shape index (κ3) is 8.65. The second-order valence-corrected chi connectivity index (χ2v) is 14.5. The number of fused-ring (bicyclic) bond motifs is 1. The molecule has 0 aliphatic carbocycles. The lowest BCUT2D eigenvalue weighted by molar-refractivity contribution is -0.135. The normalized spacial score (nSPS) is 18.9. The highest BCUT2D eigenvalue weighted by molar-refractivity contribution is 6.01. The fraction of sp³-hybridized carbons (Fsp3) is 0.462. The summed E-state index contributed by atoms with van der Waals surface area (Å²) in [7, 11) is 3.16. The predicted molar refractivity (Wildman–Crippen MR) is 201 cm³/mol. The number of aryl methyl sites for hydroxylation is 1. The first kappa shape index (κ1) is 37.9. The molecule has 1 unspecified atom stereocenters. The first-order chi connectivity index (χ1) is 26.6. The number of carbonyl (C=O) groups excluding carboxylic acids is 3. The molecule has 0 saturated carbocycles. The number of pyridine rings is 1. The molecule has 2 aromatic carbocycles. The van der Waals surface area contributed by atoms with Crippen molar-refractivity contribution in [2.24, 2.45) is 7.05 Å². The number of hydrogen-bond acceptors (Lipinski definition) is 10. The van der Waals surface area contributed by atoms with Gasteiger partial charge in [-0.1, -0.05) is 12.1 Å². The van der Waals surface area contributed by atoms with E-state index in [0.29, 0.717) is 97.1 Å². The van der Waals surface area contributed by atoms with E-state index < -0.39 is 19.1 Å². The Balaban J connectivity index is 0.925. The highest BCUT2D eigenvalue weighted by Crippen LogP contribution is 2.39. The second kappa shape index (κ2) is 16.6. The van der Waals surface area contributed by atoms with Crippen LogP contribution in [0.5, 0.6) is 11.5 Å². The van der Waals surface area contributed by atoms with Crippen molar-refractivity contribution in [3.05, 3.63) is 70.3 Å². The van der Waals surface area contributed by atoms with Gasteiger partial charge in [0, 0.05) is 80.2 Å². The standard InChI is InChI=1S/C39H46F2N8O6/c1-46-21-30(29-19-42-45-37(29)39(46)53)28-18-32(55-23-34(40)41)26(17-33(28)54-2)20-48-13-15-49(16-14-48)36(51)22-47-11-9-25(10-12-47)24-3-5-27(6-4-24)43-31-7-8-35(50)44-38(31)52/h3-6,17-19,21,25,31,34,43H,7-16,20,22-23H2,1-2H3,(H,42,45)(H,44,50,52). The zero-order valence-electron chi connectivity index (χ0n) is 31.0. The Morgan fingerprint density at radius 2 is 1.71 bits per heavy atom. The number of aromatic nitrogens is 3. The fourth-order valence-corrected chi connectivity index (χ4v) is 7.75. The molecule has 16 heteroatoms. The number of nitrogens with one attached hydrogen (secondary N) is 3. The van der Waals surface area contributed by atoms with Crippen molar-refractivity contribution in [3.63, 3.8) is 0 Å². The summed E-state index contributed by atoms with van der Waals surface area (Å²) in [4.78, 5) is 55.8. The summed E-state index contributed by atoms with van der Waals surface area (Å²) in [6.07, 6.45) is 3.23. The monoisotopic (exact) mass is 760 g/mol. The van der Waals surface area contributed by atoms with Crippen LogP contribution in [-0.2, 0) is 28.0 Å². The van der Waals surface area contributed by atoms with Crippen molar-refractivity contribution in [2.75, 3.05) is 64.8 Å². The summed E-state index contributed by atoms with van der Waals surface area (Å²) >= 11 is 0. The van der Waals surface area contributed by atoms with Crippen molar-refractivity contribution < 1.29 is 32.6 Å². The molecule has 3 N–H and O–H groups in total. The van der Waals surface area contributed by atoms with Crippen LogP contribution in [0, 0.1) is 0 Å². The van der Waals surface area contributed by atoms with E-state index in [1.54, 1.807) is 31.6 Å². The molecule has 5 heterocycles. The molecule has 2 aromatic heterocycles. The van der Waals surface area contributed by atoms with E-state index in [4.69, 9.17) is 9.47 Å². The van der Waals surface area contributed by atoms with Crippen molar-refractivity contribution >= 4 is 34.3 Å². The minimum absolute atomic E-state index is 0.0942. The third-order valence-electron chi connectivity index (χ3n) is 10.9. The zero-order chi connectivity index (χ0) is 38.6. The molecule has 7 rings (SSSR count). The number of ether oxygens (including phenoxy) is 2. The van der Waals surface area contributed by atoms with E-state index in [2.05, 4.69) is 42.8 Å². The number of piperazine rings is 1. The number of halogens is 2. The number of amides is 3. The average Bonchev–Trinajstić information content (AvgIpc) is 3.68. The Morgan fingerprint density at radius 1 is 0.964 bits per heavy atom. The van der Waals surface area contributed by atoms with Gasteiger partial charge in [0.2, 0.25) is 17.7 Å². The molecule has 0 bridgehead atoms. The van der Waals surface area contributed by atoms with Gasteiger partial charge in [-0.15, -0.1) is 0 Å². The first-order valence-electron chi connectivity index (χ1n) is 18.6. The quantitative estimate of drug-likeness (QED) is 0.183. The Labute approximate surface area is 316 Å². The topological polar surface area (TPSA) is 154 Å². The van der Waals surface area contributed by atoms with Gasteiger partial charge in [0.1, 0.15) is 29.7 Å². The molecule has 14 nitrogen and oxygen atoms in total. The van der Waals surface area contributed by atoms with Crippen molar-refractivity contribution in [1.82, 2.24) is 34.8 Å². The molecular formula is C39H46F2N8O6. The van der Waals surface area contributed by atoms with Crippen molar-refractivity contribution in [3.8, 4) is 22.6 Å². The predicted octanol–water partition coefficient (Wildman–Crippen LogP) is 3.32. The Morgan fingerprint density at radius 3 is 2.40 bits per heavy atom. The van der Waals surface area contributed by atoms with Gasteiger partial charge in [-0.05, 0) is 68.1 Å². The van der Waals surface area contributed by atoms with Crippen LogP contribution in [0.3, 0.4) is 0 Å². The second-order valence-electron chi connectivity index (χ2n) is 14.5. The number of anilines is 1. The van der Waals surface area contributed by atoms with Crippen LogP contribution in [-0.4, -0.2) is 119 Å². The number of carbonyl (C=O) groups is 3. The van der Waals surface area contributed by atoms with Gasteiger partial charge < -0.3 is 24.3 Å². The minimum Gasteiger partial charge on any atom is -0.496 e. The van der Waals surface area contributed by atoms with Crippen LogP contribution in [0.4, 0.5) is 14.5 Å². The summed E-state index contributed by atoms with van der Waals surface area (Å²) in [6, 6.07) is 11.2. The molecule has 0 spiro atoms. The number of likely N-dealkylation sites (tertiary alicyclic amines) is 1. The van der Waals surface area contributed by atoms with E-state index in [0.717, 1.165) is 31.6 Å². The van der Waals surface area contributed by atoms with Gasteiger partial charge in [0.25, 0.3) is 12.0 Å². The van der Waals surface area contributed by atoms with E-state index in [9.17, 15) is 28.0 Å². The van der Waals surface area contributed by atoms with Crippen LogP contribution in [0.1, 0.15) is 42.7 Å². The van der Waals surface area contributed by atoms with Crippen molar-refractivity contribution in [1.29, 1.82) is 0 Å². The molecule has 4 aromatic rings. The first-order valence-corrected chi connectivity index (χ1v) is 18.6. The lowest BCUT2D eigenvalue weighted by Gasteiger charge is -2.37. The number of piperidine rings is 2. The maximum atomic E-state index is 13.4. The van der Waals surface area contributed by atoms with E-state index in [1.165, 1.54) is 17.2 Å². The summed E-state index contributed by atoms with van der Waals surface area (Å²) in [5, 5.41) is 13.0. The SMILES string of the molecule is COc1cc(CN2CCN(C(=O)CN3CCC(c4ccc(NC5CCC(=O)NC5=O)cc4)CC3)CC2)c(OCC(F)F)cc1-c1cn(C)c(=O)c2[nH]ncc12. The number of methoxy groups -OCH3 is 1. The van der Waals surface area contributed by atoms with Crippen LogP contribution >= 0.6 is 0 Å². The molecule has 1 atom stereocenters. The maximum absolute atomic E-state index is 13.4. The van der Waals surface area contributed by atoms with Gasteiger partial charge in [-0.25, -0.2) is 8.78 Å². The number of nitrogens with zero attached hydrogens (tertiary/aromatic N) is 5. The molecule has 55 heavy (non-hydrogen) atoms. The number of benzene rings is 2. The number of hydrogen-bond donors (Lipinski definition) is 3. The smallest absolute Gasteiger partial charge is 0.276 e. The zero-order valence-corrected chi connectivity index (χ0v) is 31.0. The Hall–Kier alpha value is -5.35. The van der Waals surface area contributed by atoms with Gasteiger partial charge in [0.15, 0.2) is 0 Å². The largest absolute Gasteiger partial charge is 0.496 e.